The van der Waals surface area contributed by atoms with Gasteiger partial charge in [0.2, 0.25) is 0 Å². The summed E-state index contributed by atoms with van der Waals surface area (Å²) in [5.74, 6) is 0. The topological polar surface area (TPSA) is 6.48 Å². The molecular weight excluding hydrogens is 256 g/mol. The van der Waals surface area contributed by atoms with Crippen LogP contribution in [0.5, 0.6) is 0 Å². The number of hydrogen-bond acceptors (Lipinski definition) is 2. The summed E-state index contributed by atoms with van der Waals surface area (Å²) < 4.78 is 0. The molecule has 0 aromatic heterocycles. The van der Waals surface area contributed by atoms with Crippen LogP contribution >= 0.6 is 0 Å². The first-order valence-corrected chi connectivity index (χ1v) is 8.34. The van der Waals surface area contributed by atoms with Crippen molar-refractivity contribution in [2.75, 3.05) is 24.5 Å². The zero-order chi connectivity index (χ0) is 14.2. The van der Waals surface area contributed by atoms with Gasteiger partial charge in [0.25, 0.3) is 0 Å². The Labute approximate surface area is 127 Å². The summed E-state index contributed by atoms with van der Waals surface area (Å²) in [7, 11) is 0. The first-order valence-electron chi connectivity index (χ1n) is 8.34. The quantitative estimate of drug-likeness (QED) is 0.823. The second-order valence-electron chi connectivity index (χ2n) is 6.54. The van der Waals surface area contributed by atoms with Crippen LogP contribution in [-0.4, -0.2) is 36.6 Å². The lowest BCUT2D eigenvalue weighted by molar-refractivity contribution is 0.195. The summed E-state index contributed by atoms with van der Waals surface area (Å²) in [5, 5.41) is 2.70. The van der Waals surface area contributed by atoms with Crippen LogP contribution < -0.4 is 4.90 Å². The highest BCUT2D eigenvalue weighted by Crippen LogP contribution is 2.31. The van der Waals surface area contributed by atoms with Gasteiger partial charge in [-0.05, 0) is 48.7 Å². The second kappa shape index (κ2) is 5.34. The van der Waals surface area contributed by atoms with E-state index in [-0.39, 0.29) is 0 Å². The van der Waals surface area contributed by atoms with Crippen molar-refractivity contribution >= 4 is 16.5 Å². The van der Waals surface area contributed by atoms with Gasteiger partial charge in [0.15, 0.2) is 0 Å². The van der Waals surface area contributed by atoms with Crippen molar-refractivity contribution in [3.05, 3.63) is 42.5 Å². The molecule has 2 unspecified atom stereocenters. The van der Waals surface area contributed by atoms with Crippen molar-refractivity contribution in [1.29, 1.82) is 0 Å². The largest absolute Gasteiger partial charge is 0.366 e. The number of hydrogen-bond donors (Lipinski definition) is 0. The Hall–Kier alpha value is -1.54. The van der Waals surface area contributed by atoms with E-state index in [4.69, 9.17) is 0 Å². The molecule has 2 atom stereocenters. The molecule has 0 aliphatic carbocycles. The molecule has 0 N–H and O–H groups in total. The van der Waals surface area contributed by atoms with E-state index in [9.17, 15) is 0 Å². The fourth-order valence-electron chi connectivity index (χ4n) is 4.11. The van der Waals surface area contributed by atoms with Crippen LogP contribution in [0.4, 0.5) is 5.69 Å². The molecule has 0 bridgehead atoms. The predicted octanol–water partition coefficient (Wildman–Crippen LogP) is 3.90. The zero-order valence-electron chi connectivity index (χ0n) is 12.8. The third-order valence-electron chi connectivity index (χ3n) is 5.33. The van der Waals surface area contributed by atoms with E-state index in [1.807, 2.05) is 0 Å². The van der Waals surface area contributed by atoms with Crippen LogP contribution in [0.15, 0.2) is 42.5 Å². The molecule has 2 aliphatic heterocycles. The van der Waals surface area contributed by atoms with Gasteiger partial charge in [-0.1, -0.05) is 37.3 Å². The average molecular weight is 280 g/mol. The molecule has 4 rings (SSSR count). The van der Waals surface area contributed by atoms with Crippen LogP contribution in [0, 0.1) is 0 Å². The fraction of sp³-hybridized carbons (Fsp3) is 0.474. The molecule has 2 saturated heterocycles. The van der Waals surface area contributed by atoms with Crippen molar-refractivity contribution in [2.45, 2.75) is 38.3 Å². The number of rotatable bonds is 2. The van der Waals surface area contributed by atoms with Crippen molar-refractivity contribution in [2.24, 2.45) is 0 Å². The van der Waals surface area contributed by atoms with E-state index in [0.717, 1.165) is 6.04 Å². The summed E-state index contributed by atoms with van der Waals surface area (Å²) in [6.45, 7) is 6.09. The summed E-state index contributed by atoms with van der Waals surface area (Å²) >= 11 is 0. The standard InChI is InChI=1S/C19H24N2/c1-2-17-13-20-11-5-8-19(20)14-21(17)18-10-9-15-6-3-4-7-16(15)12-18/h3-4,6-7,9-10,12,17,19H,2,5,8,11,13-14H2,1H3. The van der Waals surface area contributed by atoms with Crippen molar-refractivity contribution in [3.63, 3.8) is 0 Å². The van der Waals surface area contributed by atoms with Gasteiger partial charge in [0.1, 0.15) is 0 Å². The van der Waals surface area contributed by atoms with E-state index >= 15 is 0 Å². The Kier molecular flexibility index (Phi) is 3.34. The van der Waals surface area contributed by atoms with Gasteiger partial charge >= 0.3 is 0 Å². The van der Waals surface area contributed by atoms with Gasteiger partial charge in [-0.25, -0.2) is 0 Å². The minimum absolute atomic E-state index is 0.667. The molecule has 2 heterocycles. The molecular formula is C19H24N2. The number of benzene rings is 2. The molecule has 2 aliphatic rings. The van der Waals surface area contributed by atoms with E-state index < -0.39 is 0 Å². The molecule has 2 fully saturated rings. The van der Waals surface area contributed by atoms with Gasteiger partial charge in [0, 0.05) is 30.9 Å². The van der Waals surface area contributed by atoms with Gasteiger partial charge in [-0.15, -0.1) is 0 Å². The monoisotopic (exact) mass is 280 g/mol. The number of piperazine rings is 1. The van der Waals surface area contributed by atoms with Gasteiger partial charge in [-0.3, -0.25) is 4.90 Å². The maximum Gasteiger partial charge on any atom is 0.0415 e. The van der Waals surface area contributed by atoms with Gasteiger partial charge in [0.05, 0.1) is 0 Å². The second-order valence-corrected chi connectivity index (χ2v) is 6.54. The normalized spacial score (nSPS) is 26.2. The van der Waals surface area contributed by atoms with Crippen molar-refractivity contribution in [1.82, 2.24) is 4.90 Å². The van der Waals surface area contributed by atoms with E-state index in [2.05, 4.69) is 59.2 Å². The first-order chi connectivity index (χ1) is 10.3. The van der Waals surface area contributed by atoms with E-state index in [1.165, 1.54) is 55.4 Å². The molecule has 2 nitrogen and oxygen atoms in total. The van der Waals surface area contributed by atoms with Gasteiger partial charge in [-0.2, -0.15) is 0 Å². The molecule has 2 aromatic carbocycles. The van der Waals surface area contributed by atoms with Crippen LogP contribution in [0.25, 0.3) is 10.8 Å². The molecule has 2 aromatic rings. The summed E-state index contributed by atoms with van der Waals surface area (Å²) in [6, 6.07) is 17.1. The highest BCUT2D eigenvalue weighted by molar-refractivity contribution is 5.85. The van der Waals surface area contributed by atoms with Gasteiger partial charge < -0.3 is 4.90 Å². The lowest BCUT2D eigenvalue weighted by atomic mass is 10.0. The Morgan fingerprint density at radius 3 is 2.76 bits per heavy atom. The van der Waals surface area contributed by atoms with Crippen LogP contribution in [0.2, 0.25) is 0 Å². The lowest BCUT2D eigenvalue weighted by Gasteiger charge is -2.45. The molecule has 0 radical (unpaired) electrons. The Morgan fingerprint density at radius 1 is 1.05 bits per heavy atom. The van der Waals surface area contributed by atoms with Crippen molar-refractivity contribution < 1.29 is 0 Å². The molecule has 0 amide bonds. The highest BCUT2D eigenvalue weighted by atomic mass is 15.3. The summed E-state index contributed by atoms with van der Waals surface area (Å²) in [4.78, 5) is 5.38. The predicted molar refractivity (Wildman–Crippen MR) is 90.0 cm³/mol. The van der Waals surface area contributed by atoms with E-state index in [0.29, 0.717) is 6.04 Å². The third kappa shape index (κ3) is 2.32. The Morgan fingerprint density at radius 2 is 1.90 bits per heavy atom. The summed E-state index contributed by atoms with van der Waals surface area (Å²) in [6.07, 6.45) is 3.99. The smallest absolute Gasteiger partial charge is 0.0415 e. The molecule has 0 saturated carbocycles. The summed E-state index contributed by atoms with van der Waals surface area (Å²) in [5.41, 5.74) is 1.41. The Balaban J connectivity index is 1.68. The molecule has 21 heavy (non-hydrogen) atoms. The van der Waals surface area contributed by atoms with Crippen molar-refractivity contribution in [3.8, 4) is 0 Å². The average Bonchev–Trinajstić information content (AvgIpc) is 3.00. The van der Waals surface area contributed by atoms with Crippen LogP contribution in [0.1, 0.15) is 26.2 Å². The number of fused-ring (bicyclic) bond motifs is 2. The van der Waals surface area contributed by atoms with Crippen LogP contribution in [0.3, 0.4) is 0 Å². The SMILES string of the molecule is CCC1CN2CCCC2CN1c1ccc2ccccc2c1. The molecule has 2 heteroatoms. The minimum Gasteiger partial charge on any atom is -0.366 e. The Bertz CT molecular complexity index is 636. The molecule has 110 valence electrons. The number of nitrogens with zero attached hydrogens (tertiary/aromatic N) is 2. The minimum atomic E-state index is 0.667. The fourth-order valence-corrected chi connectivity index (χ4v) is 4.11. The highest BCUT2D eigenvalue weighted by Gasteiger charge is 2.35. The third-order valence-corrected chi connectivity index (χ3v) is 5.33. The van der Waals surface area contributed by atoms with Crippen LogP contribution in [-0.2, 0) is 0 Å². The maximum atomic E-state index is 2.71. The lowest BCUT2D eigenvalue weighted by Crippen LogP contribution is -2.56. The van der Waals surface area contributed by atoms with E-state index in [1.54, 1.807) is 0 Å². The maximum absolute atomic E-state index is 2.71. The molecule has 0 spiro atoms. The number of anilines is 1. The first kappa shape index (κ1) is 13.1. The zero-order valence-corrected chi connectivity index (χ0v) is 12.8.